The van der Waals surface area contributed by atoms with Gasteiger partial charge in [0.2, 0.25) is 5.91 Å². The van der Waals surface area contributed by atoms with E-state index in [1.54, 1.807) is 24.3 Å². The van der Waals surface area contributed by atoms with Gasteiger partial charge in [-0.15, -0.1) is 0 Å². The molecule has 3 rings (SSSR count). The Morgan fingerprint density at radius 3 is 2.36 bits per heavy atom. The van der Waals surface area contributed by atoms with Gasteiger partial charge >= 0.3 is 6.03 Å². The van der Waals surface area contributed by atoms with E-state index in [0.29, 0.717) is 24.3 Å². The van der Waals surface area contributed by atoms with Crippen LogP contribution in [0.25, 0.3) is 0 Å². The molecule has 2 aromatic carbocycles. The molecule has 0 spiro atoms. The van der Waals surface area contributed by atoms with Gasteiger partial charge in [0.15, 0.2) is 0 Å². The molecule has 0 unspecified atom stereocenters. The van der Waals surface area contributed by atoms with Crippen LogP contribution in [0.1, 0.15) is 12.0 Å². The number of para-hydroxylation sites is 2. The number of hydrogen-bond donors (Lipinski definition) is 2. The van der Waals surface area contributed by atoms with Crippen LogP contribution in [0.4, 0.5) is 16.2 Å². The summed E-state index contributed by atoms with van der Waals surface area (Å²) in [6.07, 6.45) is 0.249. The minimum Gasteiger partial charge on any atom is -0.368 e. The Kier molecular flexibility index (Phi) is 6.47. The Labute approximate surface area is 164 Å². The van der Waals surface area contributed by atoms with Crippen molar-refractivity contribution in [2.24, 2.45) is 0 Å². The maximum absolute atomic E-state index is 12.4. The Morgan fingerprint density at radius 2 is 1.64 bits per heavy atom. The van der Waals surface area contributed by atoms with Gasteiger partial charge in [0.05, 0.1) is 11.3 Å². The number of rotatable bonds is 5. The van der Waals surface area contributed by atoms with Gasteiger partial charge in [-0.2, -0.15) is 5.26 Å². The summed E-state index contributed by atoms with van der Waals surface area (Å²) in [6.45, 7) is 3.20. The number of carbonyl (C=O) groups excluding carboxylic acids is 2. The average Bonchev–Trinajstić information content (AvgIpc) is 2.75. The first kappa shape index (κ1) is 19.2. The zero-order chi connectivity index (χ0) is 19.8. The van der Waals surface area contributed by atoms with Crippen LogP contribution in [0.3, 0.4) is 0 Å². The highest BCUT2D eigenvalue weighted by molar-refractivity contribution is 5.91. The number of hydrogen-bond acceptors (Lipinski definition) is 4. The largest absolute Gasteiger partial charge is 0.368 e. The molecule has 0 radical (unpaired) electrons. The fourth-order valence-electron chi connectivity index (χ4n) is 3.15. The number of nitrogens with one attached hydrogen (secondary N) is 2. The molecule has 28 heavy (non-hydrogen) atoms. The predicted molar refractivity (Wildman–Crippen MR) is 108 cm³/mol. The van der Waals surface area contributed by atoms with Crippen molar-refractivity contribution in [3.05, 3.63) is 60.2 Å². The molecule has 1 saturated heterocycles. The lowest BCUT2D eigenvalue weighted by Crippen LogP contribution is -2.49. The molecule has 2 aromatic rings. The fourth-order valence-corrected chi connectivity index (χ4v) is 3.15. The van der Waals surface area contributed by atoms with Crippen molar-refractivity contribution in [2.45, 2.75) is 6.42 Å². The highest BCUT2D eigenvalue weighted by atomic mass is 16.2. The molecule has 1 aliphatic rings. The highest BCUT2D eigenvalue weighted by Crippen LogP contribution is 2.16. The van der Waals surface area contributed by atoms with E-state index in [0.717, 1.165) is 13.1 Å². The van der Waals surface area contributed by atoms with Gasteiger partial charge in [-0.3, -0.25) is 4.79 Å². The van der Waals surface area contributed by atoms with Crippen molar-refractivity contribution in [2.75, 3.05) is 42.9 Å². The van der Waals surface area contributed by atoms with Crippen molar-refractivity contribution in [3.63, 3.8) is 0 Å². The third-order valence-corrected chi connectivity index (χ3v) is 4.67. The Hall–Kier alpha value is -3.53. The molecular formula is C21H23N5O2. The second kappa shape index (κ2) is 9.42. The van der Waals surface area contributed by atoms with E-state index in [9.17, 15) is 9.59 Å². The van der Waals surface area contributed by atoms with Gasteiger partial charge < -0.3 is 20.4 Å². The Morgan fingerprint density at radius 1 is 0.964 bits per heavy atom. The third kappa shape index (κ3) is 5.01. The van der Waals surface area contributed by atoms with Gasteiger partial charge in [0.25, 0.3) is 0 Å². The van der Waals surface area contributed by atoms with Gasteiger partial charge in [-0.05, 0) is 24.3 Å². The molecule has 0 aliphatic carbocycles. The number of anilines is 2. The summed E-state index contributed by atoms with van der Waals surface area (Å²) < 4.78 is 0. The van der Waals surface area contributed by atoms with Crippen LogP contribution >= 0.6 is 0 Å². The van der Waals surface area contributed by atoms with Crippen molar-refractivity contribution >= 4 is 23.3 Å². The molecular weight excluding hydrogens is 354 g/mol. The summed E-state index contributed by atoms with van der Waals surface area (Å²) in [5.74, 6) is 0.0328. The van der Waals surface area contributed by atoms with Gasteiger partial charge in [-0.1, -0.05) is 30.3 Å². The molecule has 0 atom stereocenters. The lowest BCUT2D eigenvalue weighted by molar-refractivity contribution is -0.131. The molecule has 1 fully saturated rings. The summed E-state index contributed by atoms with van der Waals surface area (Å²) in [5, 5.41) is 14.3. The Bertz CT molecular complexity index is 855. The van der Waals surface area contributed by atoms with Gasteiger partial charge in [-0.25, -0.2) is 4.79 Å². The number of amides is 3. The number of nitrogens with zero attached hydrogens (tertiary/aromatic N) is 3. The van der Waals surface area contributed by atoms with Crippen LogP contribution in [-0.4, -0.2) is 49.6 Å². The first-order valence-corrected chi connectivity index (χ1v) is 9.29. The van der Waals surface area contributed by atoms with Crippen LogP contribution in [0, 0.1) is 11.3 Å². The van der Waals surface area contributed by atoms with E-state index in [4.69, 9.17) is 5.26 Å². The fraction of sp³-hybridized carbons (Fsp3) is 0.286. The van der Waals surface area contributed by atoms with Crippen molar-refractivity contribution in [1.29, 1.82) is 5.26 Å². The molecule has 1 aliphatic heterocycles. The minimum absolute atomic E-state index is 0.0328. The molecule has 0 bridgehead atoms. The second-order valence-corrected chi connectivity index (χ2v) is 6.49. The molecule has 7 heteroatoms. The molecule has 0 saturated carbocycles. The van der Waals surface area contributed by atoms with Crippen LogP contribution < -0.4 is 15.5 Å². The van der Waals surface area contributed by atoms with E-state index in [1.807, 2.05) is 29.2 Å². The van der Waals surface area contributed by atoms with Crippen molar-refractivity contribution in [1.82, 2.24) is 10.2 Å². The van der Waals surface area contributed by atoms with E-state index in [2.05, 4.69) is 27.7 Å². The lowest BCUT2D eigenvalue weighted by Gasteiger charge is -2.36. The summed E-state index contributed by atoms with van der Waals surface area (Å²) in [5.41, 5.74) is 2.02. The summed E-state index contributed by atoms with van der Waals surface area (Å²) >= 11 is 0. The molecule has 1 heterocycles. The normalized spacial score (nSPS) is 13.5. The molecule has 2 N–H and O–H groups in total. The van der Waals surface area contributed by atoms with Crippen LogP contribution in [-0.2, 0) is 4.79 Å². The zero-order valence-corrected chi connectivity index (χ0v) is 15.6. The first-order valence-electron chi connectivity index (χ1n) is 9.29. The SMILES string of the molecule is N#Cc1ccccc1NC(=O)NCCC(=O)N1CCN(c2ccccc2)CC1. The summed E-state index contributed by atoms with van der Waals surface area (Å²) in [4.78, 5) is 28.5. The van der Waals surface area contributed by atoms with E-state index < -0.39 is 6.03 Å². The quantitative estimate of drug-likeness (QED) is 0.838. The summed E-state index contributed by atoms with van der Waals surface area (Å²) in [7, 11) is 0. The minimum atomic E-state index is -0.426. The maximum Gasteiger partial charge on any atom is 0.319 e. The smallest absolute Gasteiger partial charge is 0.319 e. The first-order chi connectivity index (χ1) is 13.7. The summed E-state index contributed by atoms with van der Waals surface area (Å²) in [6, 6.07) is 18.5. The number of urea groups is 1. The van der Waals surface area contributed by atoms with Crippen LogP contribution in [0.15, 0.2) is 54.6 Å². The molecule has 0 aromatic heterocycles. The van der Waals surface area contributed by atoms with E-state index >= 15 is 0 Å². The predicted octanol–water partition coefficient (Wildman–Crippen LogP) is 2.42. The topological polar surface area (TPSA) is 88.5 Å². The average molecular weight is 377 g/mol. The number of nitriles is 1. The van der Waals surface area contributed by atoms with E-state index in [1.165, 1.54) is 5.69 Å². The monoisotopic (exact) mass is 377 g/mol. The van der Waals surface area contributed by atoms with Crippen LogP contribution in [0.2, 0.25) is 0 Å². The maximum atomic E-state index is 12.4. The van der Waals surface area contributed by atoms with Gasteiger partial charge in [0, 0.05) is 44.8 Å². The van der Waals surface area contributed by atoms with Crippen LogP contribution in [0.5, 0.6) is 0 Å². The highest BCUT2D eigenvalue weighted by Gasteiger charge is 2.21. The molecule has 3 amide bonds. The Balaban J connectivity index is 1.39. The standard InChI is InChI=1S/C21H23N5O2/c22-16-17-6-4-5-9-19(17)24-21(28)23-11-10-20(27)26-14-12-25(13-15-26)18-7-2-1-3-8-18/h1-9H,10-15H2,(H2,23,24,28). The third-order valence-electron chi connectivity index (χ3n) is 4.67. The van der Waals surface area contributed by atoms with Crippen molar-refractivity contribution < 1.29 is 9.59 Å². The lowest BCUT2D eigenvalue weighted by atomic mass is 10.2. The molecule has 144 valence electrons. The number of benzene rings is 2. The second-order valence-electron chi connectivity index (χ2n) is 6.49. The number of carbonyl (C=O) groups is 2. The van der Waals surface area contributed by atoms with Gasteiger partial charge in [0.1, 0.15) is 6.07 Å². The number of piperazine rings is 1. The molecule has 7 nitrogen and oxygen atoms in total. The zero-order valence-electron chi connectivity index (χ0n) is 15.6. The van der Waals surface area contributed by atoms with E-state index in [-0.39, 0.29) is 18.9 Å². The van der Waals surface area contributed by atoms with Crippen molar-refractivity contribution in [3.8, 4) is 6.07 Å².